The van der Waals surface area contributed by atoms with E-state index in [2.05, 4.69) is 10.6 Å². The lowest BCUT2D eigenvalue weighted by Gasteiger charge is -2.32. The number of anilines is 1. The topological polar surface area (TPSA) is 81.7 Å². The van der Waals surface area contributed by atoms with Gasteiger partial charge in [-0.3, -0.25) is 4.79 Å². The second-order valence-corrected chi connectivity index (χ2v) is 6.63. The van der Waals surface area contributed by atoms with Crippen LogP contribution >= 0.6 is 11.6 Å². The number of nitrogens with zero attached hydrogens (tertiary/aromatic N) is 1. The monoisotopic (exact) mass is 373 g/mol. The van der Waals surface area contributed by atoms with Crippen molar-refractivity contribution in [2.24, 2.45) is 0 Å². The summed E-state index contributed by atoms with van der Waals surface area (Å²) in [6.07, 6.45) is 1.30. The van der Waals surface area contributed by atoms with E-state index in [-0.39, 0.29) is 29.3 Å². The second kappa shape index (κ2) is 8.10. The molecule has 0 aromatic heterocycles. The molecule has 1 heterocycles. The maximum Gasteiger partial charge on any atom is 0.319 e. The fourth-order valence-corrected chi connectivity index (χ4v) is 3.12. The average molecular weight is 374 g/mol. The minimum Gasteiger partial charge on any atom is -0.507 e. The number of urea groups is 1. The Morgan fingerprint density at radius 3 is 2.46 bits per heavy atom. The van der Waals surface area contributed by atoms with Crippen molar-refractivity contribution in [3.63, 3.8) is 0 Å². The Morgan fingerprint density at radius 1 is 1.08 bits per heavy atom. The predicted octanol–water partition coefficient (Wildman–Crippen LogP) is 3.47. The molecular weight excluding hydrogens is 354 g/mol. The number of rotatable bonds is 3. The second-order valence-electron chi connectivity index (χ2n) is 6.19. The molecule has 0 aliphatic carbocycles. The predicted molar refractivity (Wildman–Crippen MR) is 101 cm³/mol. The van der Waals surface area contributed by atoms with Crippen LogP contribution in [0.1, 0.15) is 23.2 Å². The van der Waals surface area contributed by atoms with E-state index in [1.54, 1.807) is 4.90 Å². The van der Waals surface area contributed by atoms with Gasteiger partial charge >= 0.3 is 6.03 Å². The number of likely N-dealkylation sites (tertiary alicyclic amines) is 1. The number of phenolic OH excluding ortho intramolecular Hbond substituents is 1. The van der Waals surface area contributed by atoms with Gasteiger partial charge in [0.05, 0.1) is 5.56 Å². The Morgan fingerprint density at radius 2 is 1.77 bits per heavy atom. The average Bonchev–Trinajstić information content (AvgIpc) is 2.64. The summed E-state index contributed by atoms with van der Waals surface area (Å²) in [5.74, 6) is -0.334. The van der Waals surface area contributed by atoms with Crippen LogP contribution < -0.4 is 10.6 Å². The maximum absolute atomic E-state index is 12.6. The molecule has 2 aromatic rings. The largest absolute Gasteiger partial charge is 0.507 e. The van der Waals surface area contributed by atoms with E-state index in [9.17, 15) is 14.7 Å². The van der Waals surface area contributed by atoms with Gasteiger partial charge in [0.15, 0.2) is 0 Å². The number of amides is 3. The number of halogens is 1. The molecule has 3 N–H and O–H groups in total. The van der Waals surface area contributed by atoms with Crippen molar-refractivity contribution in [3.8, 4) is 5.75 Å². The van der Waals surface area contributed by atoms with E-state index in [1.165, 1.54) is 18.2 Å². The first-order valence-corrected chi connectivity index (χ1v) is 8.81. The zero-order chi connectivity index (χ0) is 18.5. The van der Waals surface area contributed by atoms with E-state index in [4.69, 9.17) is 11.6 Å². The van der Waals surface area contributed by atoms with E-state index in [0.29, 0.717) is 31.0 Å². The van der Waals surface area contributed by atoms with Crippen molar-refractivity contribution in [2.75, 3.05) is 18.4 Å². The van der Waals surface area contributed by atoms with Gasteiger partial charge in [0, 0.05) is 29.8 Å². The molecular formula is C19H20ClN3O3. The molecule has 3 rings (SSSR count). The van der Waals surface area contributed by atoms with Crippen molar-refractivity contribution >= 4 is 29.2 Å². The first-order chi connectivity index (χ1) is 12.5. The summed E-state index contributed by atoms with van der Waals surface area (Å²) in [6, 6.07) is 13.4. The number of carbonyl (C=O) groups excluding carboxylic acids is 2. The number of para-hydroxylation sites is 1. The van der Waals surface area contributed by atoms with Gasteiger partial charge in [-0.2, -0.15) is 0 Å². The third kappa shape index (κ3) is 4.46. The van der Waals surface area contributed by atoms with Crippen molar-refractivity contribution in [2.45, 2.75) is 18.9 Å². The summed E-state index contributed by atoms with van der Waals surface area (Å²) in [4.78, 5) is 26.3. The summed E-state index contributed by atoms with van der Waals surface area (Å²) in [5.41, 5.74) is 0.930. The molecule has 1 saturated heterocycles. The van der Waals surface area contributed by atoms with Gasteiger partial charge < -0.3 is 20.6 Å². The third-order valence-corrected chi connectivity index (χ3v) is 4.57. The zero-order valence-electron chi connectivity index (χ0n) is 14.1. The molecule has 136 valence electrons. The van der Waals surface area contributed by atoms with Gasteiger partial charge in [-0.15, -0.1) is 0 Å². The van der Waals surface area contributed by atoms with Gasteiger partial charge in [-0.1, -0.05) is 29.8 Å². The van der Waals surface area contributed by atoms with Crippen LogP contribution in [0.5, 0.6) is 5.75 Å². The van der Waals surface area contributed by atoms with Gasteiger partial charge in [-0.25, -0.2) is 4.79 Å². The maximum atomic E-state index is 12.6. The summed E-state index contributed by atoms with van der Waals surface area (Å²) < 4.78 is 0. The Balaban J connectivity index is 1.51. The van der Waals surface area contributed by atoms with Crippen LogP contribution in [0.25, 0.3) is 0 Å². The Kier molecular flexibility index (Phi) is 5.63. The van der Waals surface area contributed by atoms with Gasteiger partial charge in [-0.05, 0) is 43.2 Å². The highest BCUT2D eigenvalue weighted by Crippen LogP contribution is 2.24. The SMILES string of the molecule is O=C(Nc1ccccc1)NC1CCN(C(=O)c2cc(Cl)ccc2O)CC1. The molecule has 0 bridgehead atoms. The Bertz CT molecular complexity index is 790. The number of nitrogens with one attached hydrogen (secondary N) is 2. The normalized spacial score (nSPS) is 14.7. The van der Waals surface area contributed by atoms with Crippen LogP contribution in [-0.2, 0) is 0 Å². The highest BCUT2D eigenvalue weighted by Gasteiger charge is 2.26. The molecule has 0 spiro atoms. The lowest BCUT2D eigenvalue weighted by molar-refractivity contribution is 0.0706. The van der Waals surface area contributed by atoms with E-state index in [0.717, 1.165) is 5.69 Å². The van der Waals surface area contributed by atoms with Crippen molar-refractivity contribution in [3.05, 3.63) is 59.1 Å². The van der Waals surface area contributed by atoms with Crippen molar-refractivity contribution < 1.29 is 14.7 Å². The van der Waals surface area contributed by atoms with Crippen LogP contribution in [-0.4, -0.2) is 41.1 Å². The number of carbonyl (C=O) groups is 2. The fraction of sp³-hybridized carbons (Fsp3) is 0.263. The molecule has 0 atom stereocenters. The van der Waals surface area contributed by atoms with Crippen LogP contribution in [0.15, 0.2) is 48.5 Å². The molecule has 0 radical (unpaired) electrons. The number of piperidine rings is 1. The van der Waals surface area contributed by atoms with Gasteiger partial charge in [0.2, 0.25) is 0 Å². The molecule has 2 aromatic carbocycles. The molecule has 6 nitrogen and oxygen atoms in total. The van der Waals surface area contributed by atoms with Gasteiger partial charge in [0.1, 0.15) is 5.75 Å². The van der Waals surface area contributed by atoms with E-state index in [1.807, 2.05) is 30.3 Å². The van der Waals surface area contributed by atoms with Crippen molar-refractivity contribution in [1.82, 2.24) is 10.2 Å². The minimum absolute atomic E-state index is 0.00396. The number of phenols is 1. The number of hydrogen-bond acceptors (Lipinski definition) is 3. The minimum atomic E-state index is -0.256. The van der Waals surface area contributed by atoms with Crippen LogP contribution in [0, 0.1) is 0 Å². The molecule has 26 heavy (non-hydrogen) atoms. The van der Waals surface area contributed by atoms with E-state index < -0.39 is 0 Å². The summed E-state index contributed by atoms with van der Waals surface area (Å²) >= 11 is 5.91. The molecule has 1 fully saturated rings. The molecule has 1 aliphatic rings. The van der Waals surface area contributed by atoms with Gasteiger partial charge in [0.25, 0.3) is 5.91 Å². The number of aromatic hydroxyl groups is 1. The zero-order valence-corrected chi connectivity index (χ0v) is 14.9. The molecule has 0 saturated carbocycles. The highest BCUT2D eigenvalue weighted by atomic mass is 35.5. The summed E-state index contributed by atoms with van der Waals surface area (Å²) in [5, 5.41) is 16.0. The highest BCUT2D eigenvalue weighted by molar-refractivity contribution is 6.31. The van der Waals surface area contributed by atoms with Crippen molar-refractivity contribution in [1.29, 1.82) is 0 Å². The standard InChI is InChI=1S/C19H20ClN3O3/c20-13-6-7-17(24)16(12-13)18(25)23-10-8-15(9-11-23)22-19(26)21-14-4-2-1-3-5-14/h1-7,12,15,24H,8-11H2,(H2,21,22,26). The van der Waals surface area contributed by atoms with Crippen LogP contribution in [0.3, 0.4) is 0 Å². The molecule has 1 aliphatic heterocycles. The lowest BCUT2D eigenvalue weighted by Crippen LogP contribution is -2.47. The molecule has 0 unspecified atom stereocenters. The van der Waals surface area contributed by atoms with Crippen LogP contribution in [0.2, 0.25) is 5.02 Å². The third-order valence-electron chi connectivity index (χ3n) is 4.34. The van der Waals surface area contributed by atoms with Crippen LogP contribution in [0.4, 0.5) is 10.5 Å². The lowest BCUT2D eigenvalue weighted by atomic mass is 10.0. The summed E-state index contributed by atoms with van der Waals surface area (Å²) in [6.45, 7) is 1.00. The molecule has 7 heteroatoms. The number of hydrogen-bond donors (Lipinski definition) is 3. The molecule has 3 amide bonds. The first-order valence-electron chi connectivity index (χ1n) is 8.43. The quantitative estimate of drug-likeness (QED) is 0.770. The summed E-state index contributed by atoms with van der Waals surface area (Å²) in [7, 11) is 0. The first kappa shape index (κ1) is 18.1. The van der Waals surface area contributed by atoms with E-state index >= 15 is 0 Å². The fourth-order valence-electron chi connectivity index (χ4n) is 2.95. The smallest absolute Gasteiger partial charge is 0.319 e. The Labute approximate surface area is 156 Å². The Hall–Kier alpha value is -2.73. The number of benzene rings is 2.